The number of esters is 1. The van der Waals surface area contributed by atoms with Crippen LogP contribution in [0, 0.1) is 5.92 Å². The van der Waals surface area contributed by atoms with Crippen LogP contribution in [0.4, 0.5) is 4.79 Å². The van der Waals surface area contributed by atoms with Crippen LogP contribution >= 0.6 is 0 Å². The number of nitrogens with zero attached hydrogens (tertiary/aromatic N) is 2. The first kappa shape index (κ1) is 25.7. The summed E-state index contributed by atoms with van der Waals surface area (Å²) in [6.07, 6.45) is 4.95. The van der Waals surface area contributed by atoms with Crippen LogP contribution in [0.1, 0.15) is 59.3 Å². The van der Waals surface area contributed by atoms with Crippen LogP contribution in [0.25, 0.3) is 0 Å². The highest BCUT2D eigenvalue weighted by Gasteiger charge is 2.27. The molecule has 0 bridgehead atoms. The van der Waals surface area contributed by atoms with Crippen molar-refractivity contribution >= 4 is 23.9 Å². The molecule has 32 heavy (non-hydrogen) atoms. The normalized spacial score (nSPS) is 19.2. The summed E-state index contributed by atoms with van der Waals surface area (Å²) in [6, 6.07) is 0. The average Bonchev–Trinajstić information content (AvgIpc) is 2.73. The predicted octanol–water partition coefficient (Wildman–Crippen LogP) is 2.25. The quantitative estimate of drug-likeness (QED) is 0.491. The van der Waals surface area contributed by atoms with Crippen LogP contribution in [0.3, 0.4) is 0 Å². The summed E-state index contributed by atoms with van der Waals surface area (Å²) in [5, 5.41) is 2.73. The van der Waals surface area contributed by atoms with Crippen LogP contribution in [-0.2, 0) is 23.9 Å². The molecule has 9 heteroatoms. The zero-order valence-electron chi connectivity index (χ0n) is 19.8. The van der Waals surface area contributed by atoms with E-state index in [1.54, 1.807) is 11.0 Å². The van der Waals surface area contributed by atoms with E-state index in [4.69, 9.17) is 4.74 Å². The standard InChI is InChI=1S/C23H37N3O6/c1-23(2,3)32-22(30)25-12-8-17(9-13-25)15-20(28)26-11-5-6-18(16-26)14-19(27)24-10-7-21(29)31-4/h15,18H,5-14,16H2,1-4H3,(H,24,27). The highest BCUT2D eigenvalue weighted by atomic mass is 16.6. The van der Waals surface area contributed by atoms with Crippen LogP contribution in [-0.4, -0.2) is 79.1 Å². The Bertz CT molecular complexity index is 718. The first-order chi connectivity index (χ1) is 15.1. The summed E-state index contributed by atoms with van der Waals surface area (Å²) in [7, 11) is 1.32. The van der Waals surface area contributed by atoms with Gasteiger partial charge in [-0.2, -0.15) is 0 Å². The molecule has 1 unspecified atom stereocenters. The number of carbonyl (C=O) groups is 4. The number of amides is 3. The zero-order valence-corrected chi connectivity index (χ0v) is 19.8. The molecule has 2 rings (SSSR count). The van der Waals surface area contributed by atoms with Gasteiger partial charge in [0.05, 0.1) is 13.5 Å². The lowest BCUT2D eigenvalue weighted by Gasteiger charge is -2.33. The van der Waals surface area contributed by atoms with Crippen LogP contribution in [0.2, 0.25) is 0 Å². The number of nitrogens with one attached hydrogen (secondary N) is 1. The molecule has 3 amide bonds. The Kier molecular flexibility index (Phi) is 9.53. The number of ether oxygens (including phenoxy) is 2. The molecule has 0 aromatic carbocycles. The minimum absolute atomic E-state index is 0.0264. The second-order valence-corrected chi connectivity index (χ2v) is 9.44. The van der Waals surface area contributed by atoms with Crippen molar-refractivity contribution in [1.29, 1.82) is 0 Å². The van der Waals surface area contributed by atoms with Gasteiger partial charge in [0.1, 0.15) is 5.60 Å². The Morgan fingerprint density at radius 2 is 1.78 bits per heavy atom. The fourth-order valence-electron chi connectivity index (χ4n) is 3.89. The van der Waals surface area contributed by atoms with Crippen molar-refractivity contribution < 1.29 is 28.7 Å². The number of hydrogen-bond donors (Lipinski definition) is 1. The second-order valence-electron chi connectivity index (χ2n) is 9.44. The van der Waals surface area contributed by atoms with Gasteiger partial charge in [-0.1, -0.05) is 5.57 Å². The molecule has 180 valence electrons. The maximum absolute atomic E-state index is 12.8. The van der Waals surface area contributed by atoms with Gasteiger partial charge in [-0.05, 0) is 52.4 Å². The topological polar surface area (TPSA) is 105 Å². The third-order valence-corrected chi connectivity index (χ3v) is 5.57. The van der Waals surface area contributed by atoms with E-state index in [0.29, 0.717) is 45.4 Å². The molecule has 2 aliphatic rings. The molecule has 2 heterocycles. The lowest BCUT2D eigenvalue weighted by Crippen LogP contribution is -2.42. The molecule has 0 spiro atoms. The summed E-state index contributed by atoms with van der Waals surface area (Å²) in [5.41, 5.74) is 0.518. The molecular weight excluding hydrogens is 414 g/mol. The van der Waals surface area contributed by atoms with E-state index in [1.807, 2.05) is 25.7 Å². The van der Waals surface area contributed by atoms with Crippen molar-refractivity contribution in [2.45, 2.75) is 64.9 Å². The van der Waals surface area contributed by atoms with Gasteiger partial charge in [-0.15, -0.1) is 0 Å². The maximum Gasteiger partial charge on any atom is 0.410 e. The Labute approximate surface area is 190 Å². The van der Waals surface area contributed by atoms with Crippen molar-refractivity contribution in [3.05, 3.63) is 11.6 Å². The summed E-state index contributed by atoms with van der Waals surface area (Å²) in [5.74, 6) is -0.384. The van der Waals surface area contributed by atoms with E-state index in [-0.39, 0.29) is 42.8 Å². The number of rotatable bonds is 6. The second kappa shape index (κ2) is 11.9. The van der Waals surface area contributed by atoms with Crippen molar-refractivity contribution in [1.82, 2.24) is 15.1 Å². The minimum Gasteiger partial charge on any atom is -0.469 e. The van der Waals surface area contributed by atoms with Gasteiger partial charge in [-0.25, -0.2) is 4.79 Å². The van der Waals surface area contributed by atoms with Crippen molar-refractivity contribution in [2.24, 2.45) is 5.92 Å². The zero-order chi connectivity index (χ0) is 23.7. The van der Waals surface area contributed by atoms with Gasteiger partial charge in [0.25, 0.3) is 0 Å². The van der Waals surface area contributed by atoms with Gasteiger partial charge in [0.15, 0.2) is 0 Å². The molecule has 0 aliphatic carbocycles. The molecule has 0 saturated carbocycles. The van der Waals surface area contributed by atoms with Gasteiger partial charge in [-0.3, -0.25) is 14.4 Å². The molecule has 0 aromatic heterocycles. The molecule has 2 aliphatic heterocycles. The van der Waals surface area contributed by atoms with Crippen molar-refractivity contribution in [3.63, 3.8) is 0 Å². The van der Waals surface area contributed by atoms with E-state index < -0.39 is 5.60 Å². The van der Waals surface area contributed by atoms with E-state index in [2.05, 4.69) is 10.1 Å². The Morgan fingerprint density at radius 1 is 1.09 bits per heavy atom. The SMILES string of the molecule is COC(=O)CCNC(=O)CC1CCCN(C(=O)C=C2CCN(C(=O)OC(C)(C)C)CC2)C1. The lowest BCUT2D eigenvalue weighted by atomic mass is 9.94. The van der Waals surface area contributed by atoms with Crippen molar-refractivity contribution in [2.75, 3.05) is 39.8 Å². The fraction of sp³-hybridized carbons (Fsp3) is 0.739. The molecule has 0 aromatic rings. The third kappa shape index (κ3) is 8.88. The molecule has 0 radical (unpaired) electrons. The summed E-state index contributed by atoms with van der Waals surface area (Å²) in [6.45, 7) is 8.12. The molecule has 1 N–H and O–H groups in total. The largest absolute Gasteiger partial charge is 0.469 e. The summed E-state index contributed by atoms with van der Waals surface area (Å²) >= 11 is 0. The number of methoxy groups -OCH3 is 1. The van der Waals surface area contributed by atoms with Gasteiger partial charge < -0.3 is 24.6 Å². The Balaban J connectivity index is 1.77. The van der Waals surface area contributed by atoms with Crippen LogP contribution in [0.5, 0.6) is 0 Å². The summed E-state index contributed by atoms with van der Waals surface area (Å²) in [4.78, 5) is 51.7. The molecular formula is C23H37N3O6. The van der Waals surface area contributed by atoms with Crippen molar-refractivity contribution in [3.8, 4) is 0 Å². The fourth-order valence-corrected chi connectivity index (χ4v) is 3.89. The number of likely N-dealkylation sites (tertiary alicyclic amines) is 2. The predicted molar refractivity (Wildman–Crippen MR) is 119 cm³/mol. The first-order valence-electron chi connectivity index (χ1n) is 11.4. The van der Waals surface area contributed by atoms with Gasteiger partial charge in [0.2, 0.25) is 11.8 Å². The number of hydrogen-bond acceptors (Lipinski definition) is 6. The first-order valence-corrected chi connectivity index (χ1v) is 11.4. The maximum atomic E-state index is 12.8. The van der Waals surface area contributed by atoms with Gasteiger partial charge in [0, 0.05) is 45.2 Å². The average molecular weight is 452 g/mol. The molecule has 2 saturated heterocycles. The monoisotopic (exact) mass is 451 g/mol. The number of piperidine rings is 2. The summed E-state index contributed by atoms with van der Waals surface area (Å²) < 4.78 is 9.97. The lowest BCUT2D eigenvalue weighted by molar-refractivity contribution is -0.140. The third-order valence-electron chi connectivity index (χ3n) is 5.57. The molecule has 2 fully saturated rings. The minimum atomic E-state index is -0.522. The number of carbonyl (C=O) groups excluding carboxylic acids is 4. The highest BCUT2D eigenvalue weighted by molar-refractivity contribution is 5.88. The highest BCUT2D eigenvalue weighted by Crippen LogP contribution is 2.22. The van der Waals surface area contributed by atoms with Gasteiger partial charge >= 0.3 is 12.1 Å². The van der Waals surface area contributed by atoms with E-state index in [0.717, 1.165) is 18.4 Å². The molecule has 1 atom stereocenters. The van der Waals surface area contributed by atoms with Crippen LogP contribution < -0.4 is 5.32 Å². The Morgan fingerprint density at radius 3 is 2.41 bits per heavy atom. The Hall–Kier alpha value is -2.58. The van der Waals surface area contributed by atoms with E-state index in [9.17, 15) is 19.2 Å². The molecule has 9 nitrogen and oxygen atoms in total. The van der Waals surface area contributed by atoms with E-state index >= 15 is 0 Å². The van der Waals surface area contributed by atoms with E-state index in [1.165, 1.54) is 7.11 Å². The smallest absolute Gasteiger partial charge is 0.410 e. The van der Waals surface area contributed by atoms with Crippen LogP contribution in [0.15, 0.2) is 11.6 Å².